The molecule has 0 radical (unpaired) electrons. The Morgan fingerprint density at radius 2 is 1.40 bits per heavy atom. The van der Waals surface area contributed by atoms with E-state index in [1.165, 1.54) is 11.1 Å². The molecular formula is C23H33N3O2S2. The molecule has 0 aliphatic carbocycles. The lowest BCUT2D eigenvalue weighted by Gasteiger charge is -2.19. The molecule has 0 unspecified atom stereocenters. The van der Waals surface area contributed by atoms with Gasteiger partial charge in [0.25, 0.3) is 0 Å². The summed E-state index contributed by atoms with van der Waals surface area (Å²) in [5.41, 5.74) is 4.22. The lowest BCUT2D eigenvalue weighted by atomic mass is 9.87. The summed E-state index contributed by atoms with van der Waals surface area (Å²) in [5, 5.41) is 6.98. The van der Waals surface area contributed by atoms with Crippen molar-refractivity contribution < 1.29 is 8.42 Å². The number of unbranched alkanes of at least 4 members (excludes halogenated alkanes) is 1. The van der Waals surface area contributed by atoms with Crippen molar-refractivity contribution in [1.82, 2.24) is 10.6 Å². The fraction of sp³-hybridized carbons (Fsp3) is 0.435. The molecule has 0 aliphatic rings. The number of thiocarbonyl (C=S) groups is 1. The number of hydrogen-bond donors (Lipinski definition) is 3. The van der Waals surface area contributed by atoms with Crippen LogP contribution in [0.15, 0.2) is 48.5 Å². The van der Waals surface area contributed by atoms with Crippen LogP contribution in [0.3, 0.4) is 0 Å². The standard InChI is InChI=1S/C23H33N3O2S2/c1-5-6-15-30(27,28)26-21-13-9-19(10-14-21)17-25-22(29)24-16-18-7-11-20(12-8-18)23(2,3)4/h7-14,26H,5-6,15-17H2,1-4H3,(H2,24,25,29). The molecule has 0 atom stereocenters. The lowest BCUT2D eigenvalue weighted by molar-refractivity contribution is 0.590. The first kappa shape index (κ1) is 24.2. The van der Waals surface area contributed by atoms with Crippen LogP contribution in [0.2, 0.25) is 0 Å². The average molecular weight is 448 g/mol. The molecule has 0 amide bonds. The van der Waals surface area contributed by atoms with Crippen molar-refractivity contribution in [2.24, 2.45) is 0 Å². The van der Waals surface area contributed by atoms with Crippen LogP contribution in [0.1, 0.15) is 57.2 Å². The largest absolute Gasteiger partial charge is 0.359 e. The zero-order valence-electron chi connectivity index (χ0n) is 18.3. The van der Waals surface area contributed by atoms with Crippen LogP contribution in [0.5, 0.6) is 0 Å². The summed E-state index contributed by atoms with van der Waals surface area (Å²) >= 11 is 5.36. The topological polar surface area (TPSA) is 70.2 Å². The first-order chi connectivity index (χ1) is 14.1. The summed E-state index contributed by atoms with van der Waals surface area (Å²) in [4.78, 5) is 0. The molecule has 0 aliphatic heterocycles. The Kier molecular flexibility index (Phi) is 8.67. The number of anilines is 1. The fourth-order valence-electron chi connectivity index (χ4n) is 2.81. The zero-order valence-corrected chi connectivity index (χ0v) is 19.9. The minimum Gasteiger partial charge on any atom is -0.359 e. The van der Waals surface area contributed by atoms with Gasteiger partial charge in [-0.05, 0) is 52.9 Å². The average Bonchev–Trinajstić information content (AvgIpc) is 2.69. The molecule has 3 N–H and O–H groups in total. The minimum atomic E-state index is -3.28. The quantitative estimate of drug-likeness (QED) is 0.487. The number of benzene rings is 2. The van der Waals surface area contributed by atoms with Gasteiger partial charge in [-0.1, -0.05) is 70.5 Å². The second-order valence-electron chi connectivity index (χ2n) is 8.45. The van der Waals surface area contributed by atoms with Crippen molar-refractivity contribution in [2.75, 3.05) is 10.5 Å². The minimum absolute atomic E-state index is 0.145. The molecule has 164 valence electrons. The third-order valence-electron chi connectivity index (χ3n) is 4.72. The van der Waals surface area contributed by atoms with Gasteiger partial charge in [0.05, 0.1) is 5.75 Å². The van der Waals surface area contributed by atoms with Crippen molar-refractivity contribution in [3.05, 3.63) is 65.2 Å². The molecule has 0 saturated heterocycles. The van der Waals surface area contributed by atoms with Crippen LogP contribution >= 0.6 is 12.2 Å². The highest BCUT2D eigenvalue weighted by Gasteiger charge is 2.13. The predicted octanol–water partition coefficient (Wildman–Crippen LogP) is 4.69. The number of nitrogens with one attached hydrogen (secondary N) is 3. The number of sulfonamides is 1. The van der Waals surface area contributed by atoms with Gasteiger partial charge in [0, 0.05) is 18.8 Å². The van der Waals surface area contributed by atoms with E-state index in [9.17, 15) is 8.42 Å². The summed E-state index contributed by atoms with van der Waals surface area (Å²) in [6.45, 7) is 9.81. The second kappa shape index (κ2) is 10.8. The Morgan fingerprint density at radius 3 is 1.87 bits per heavy atom. The van der Waals surface area contributed by atoms with Crippen molar-refractivity contribution in [1.29, 1.82) is 0 Å². The van der Waals surface area contributed by atoms with Crippen LogP contribution in [-0.2, 0) is 28.5 Å². The van der Waals surface area contributed by atoms with Crippen molar-refractivity contribution in [2.45, 2.75) is 59.0 Å². The molecular weight excluding hydrogens is 414 g/mol. The highest BCUT2D eigenvalue weighted by Crippen LogP contribution is 2.22. The van der Waals surface area contributed by atoms with Crippen molar-refractivity contribution in [3.63, 3.8) is 0 Å². The molecule has 2 aromatic rings. The van der Waals surface area contributed by atoms with Crippen molar-refractivity contribution in [3.8, 4) is 0 Å². The Morgan fingerprint density at radius 1 is 0.900 bits per heavy atom. The van der Waals surface area contributed by atoms with Gasteiger partial charge < -0.3 is 10.6 Å². The normalized spacial score (nSPS) is 11.7. The SMILES string of the molecule is CCCCS(=O)(=O)Nc1ccc(CNC(=S)NCc2ccc(C(C)(C)C)cc2)cc1. The predicted molar refractivity (Wildman–Crippen MR) is 130 cm³/mol. The third-order valence-corrected chi connectivity index (χ3v) is 6.38. The van der Waals surface area contributed by atoms with E-state index >= 15 is 0 Å². The molecule has 0 heterocycles. The smallest absolute Gasteiger partial charge is 0.232 e. The summed E-state index contributed by atoms with van der Waals surface area (Å²) in [5.74, 6) is 0.145. The fourth-order valence-corrected chi connectivity index (χ4v) is 4.22. The maximum Gasteiger partial charge on any atom is 0.232 e. The molecule has 0 fully saturated rings. The van der Waals surface area contributed by atoms with E-state index in [1.807, 2.05) is 19.1 Å². The van der Waals surface area contributed by atoms with E-state index in [1.54, 1.807) is 12.1 Å². The molecule has 30 heavy (non-hydrogen) atoms. The number of hydrogen-bond acceptors (Lipinski definition) is 3. The van der Waals surface area contributed by atoms with Gasteiger partial charge in [-0.25, -0.2) is 8.42 Å². The van der Waals surface area contributed by atoms with E-state index in [-0.39, 0.29) is 11.2 Å². The zero-order chi connectivity index (χ0) is 22.2. The van der Waals surface area contributed by atoms with Crippen LogP contribution in [0, 0.1) is 0 Å². The Balaban J connectivity index is 1.78. The van der Waals surface area contributed by atoms with E-state index in [0.717, 1.165) is 12.0 Å². The second-order valence-corrected chi connectivity index (χ2v) is 10.7. The summed E-state index contributed by atoms with van der Waals surface area (Å²) < 4.78 is 26.5. The highest BCUT2D eigenvalue weighted by molar-refractivity contribution is 7.92. The van der Waals surface area contributed by atoms with Gasteiger partial charge in [0.15, 0.2) is 5.11 Å². The van der Waals surface area contributed by atoms with Crippen LogP contribution < -0.4 is 15.4 Å². The molecule has 0 saturated carbocycles. The summed E-state index contributed by atoms with van der Waals surface area (Å²) in [7, 11) is -3.28. The summed E-state index contributed by atoms with van der Waals surface area (Å²) in [6, 6.07) is 15.9. The maximum atomic E-state index is 12.0. The van der Waals surface area contributed by atoms with E-state index in [0.29, 0.717) is 30.3 Å². The third kappa shape index (κ3) is 8.32. The van der Waals surface area contributed by atoms with Crippen LogP contribution in [0.25, 0.3) is 0 Å². The van der Waals surface area contributed by atoms with E-state index < -0.39 is 10.0 Å². The molecule has 0 bridgehead atoms. The van der Waals surface area contributed by atoms with Gasteiger partial charge in [-0.2, -0.15) is 0 Å². The molecule has 2 aromatic carbocycles. The monoisotopic (exact) mass is 447 g/mol. The first-order valence-electron chi connectivity index (χ1n) is 10.3. The lowest BCUT2D eigenvalue weighted by Crippen LogP contribution is -2.34. The van der Waals surface area contributed by atoms with E-state index in [4.69, 9.17) is 12.2 Å². The van der Waals surface area contributed by atoms with Crippen LogP contribution in [0.4, 0.5) is 5.69 Å². The number of rotatable bonds is 9. The van der Waals surface area contributed by atoms with E-state index in [2.05, 4.69) is 60.4 Å². The Bertz CT molecular complexity index is 916. The molecule has 0 spiro atoms. The Hall–Kier alpha value is -2.12. The molecule has 0 aromatic heterocycles. The van der Waals surface area contributed by atoms with Crippen molar-refractivity contribution >= 4 is 33.0 Å². The Labute approximate surface area is 186 Å². The summed E-state index contributed by atoms with van der Waals surface area (Å²) in [6.07, 6.45) is 1.50. The van der Waals surface area contributed by atoms with Gasteiger partial charge >= 0.3 is 0 Å². The van der Waals surface area contributed by atoms with Gasteiger partial charge in [0.1, 0.15) is 0 Å². The van der Waals surface area contributed by atoms with Gasteiger partial charge in [0.2, 0.25) is 10.0 Å². The molecule has 2 rings (SSSR count). The maximum absolute atomic E-state index is 12.0. The van der Waals surface area contributed by atoms with Gasteiger partial charge in [-0.3, -0.25) is 4.72 Å². The van der Waals surface area contributed by atoms with Gasteiger partial charge in [-0.15, -0.1) is 0 Å². The molecule has 7 heteroatoms. The highest BCUT2D eigenvalue weighted by atomic mass is 32.2. The molecule has 5 nitrogen and oxygen atoms in total. The first-order valence-corrected chi connectivity index (χ1v) is 12.4. The van der Waals surface area contributed by atoms with Crippen LogP contribution in [-0.4, -0.2) is 19.3 Å².